The molecular formula is C13H12ClN5. The molecule has 0 radical (unpaired) electrons. The molecular weight excluding hydrogens is 262 g/mol. The topological polar surface area (TPSA) is 69.6 Å². The Morgan fingerprint density at radius 3 is 2.79 bits per heavy atom. The van der Waals surface area contributed by atoms with E-state index in [1.807, 2.05) is 29.7 Å². The summed E-state index contributed by atoms with van der Waals surface area (Å²) in [6.45, 7) is 2.79. The van der Waals surface area contributed by atoms with Crippen molar-refractivity contribution in [3.05, 3.63) is 35.6 Å². The fourth-order valence-electron chi connectivity index (χ4n) is 2.12. The second-order valence-corrected chi connectivity index (χ2v) is 4.54. The molecule has 0 aliphatic rings. The molecule has 3 rings (SSSR count). The molecule has 0 saturated carbocycles. The van der Waals surface area contributed by atoms with Crippen LogP contribution in [-0.4, -0.2) is 19.5 Å². The Morgan fingerprint density at radius 2 is 2.05 bits per heavy atom. The lowest BCUT2D eigenvalue weighted by molar-refractivity contribution is 0.793. The number of hydrogen-bond donors (Lipinski definition) is 1. The van der Waals surface area contributed by atoms with Crippen LogP contribution >= 0.6 is 11.6 Å². The van der Waals surface area contributed by atoms with E-state index >= 15 is 0 Å². The quantitative estimate of drug-likeness (QED) is 0.779. The van der Waals surface area contributed by atoms with Gasteiger partial charge in [0.25, 0.3) is 0 Å². The van der Waals surface area contributed by atoms with Crippen LogP contribution in [0.3, 0.4) is 0 Å². The minimum absolute atomic E-state index is 0.374. The molecule has 0 bridgehead atoms. The number of fused-ring (bicyclic) bond motifs is 1. The SMILES string of the molecule is CCn1c(-c2nccnc2N)nc2ccc(Cl)cc21. The first-order valence-electron chi connectivity index (χ1n) is 5.93. The minimum Gasteiger partial charge on any atom is -0.382 e. The first kappa shape index (κ1) is 11.9. The molecule has 6 heteroatoms. The van der Waals surface area contributed by atoms with Crippen LogP contribution in [-0.2, 0) is 6.54 Å². The third kappa shape index (κ3) is 1.92. The molecule has 0 spiro atoms. The number of nitrogens with zero attached hydrogens (tertiary/aromatic N) is 4. The fraction of sp³-hybridized carbons (Fsp3) is 0.154. The molecule has 0 unspecified atom stereocenters. The summed E-state index contributed by atoms with van der Waals surface area (Å²) in [5.74, 6) is 1.09. The molecule has 96 valence electrons. The van der Waals surface area contributed by atoms with E-state index in [-0.39, 0.29) is 0 Å². The molecule has 0 saturated heterocycles. The number of imidazole rings is 1. The normalized spacial score (nSPS) is 11.1. The number of rotatable bonds is 2. The van der Waals surface area contributed by atoms with E-state index in [9.17, 15) is 0 Å². The number of nitrogens with two attached hydrogens (primary N) is 1. The largest absolute Gasteiger partial charge is 0.382 e. The van der Waals surface area contributed by atoms with Crippen LogP contribution in [0, 0.1) is 0 Å². The molecule has 0 aliphatic heterocycles. The van der Waals surface area contributed by atoms with Gasteiger partial charge in [0.1, 0.15) is 5.69 Å². The molecule has 2 aromatic heterocycles. The van der Waals surface area contributed by atoms with Crippen molar-refractivity contribution < 1.29 is 0 Å². The molecule has 5 nitrogen and oxygen atoms in total. The zero-order valence-corrected chi connectivity index (χ0v) is 11.1. The van der Waals surface area contributed by atoms with Crippen molar-refractivity contribution in [2.75, 3.05) is 5.73 Å². The van der Waals surface area contributed by atoms with E-state index in [0.29, 0.717) is 22.4 Å². The van der Waals surface area contributed by atoms with Crippen LogP contribution < -0.4 is 5.73 Å². The molecule has 1 aromatic carbocycles. The van der Waals surface area contributed by atoms with E-state index in [4.69, 9.17) is 17.3 Å². The van der Waals surface area contributed by atoms with Crippen LogP contribution in [0.4, 0.5) is 5.82 Å². The Morgan fingerprint density at radius 1 is 1.26 bits per heavy atom. The third-order valence-corrected chi connectivity index (χ3v) is 3.20. The number of aryl methyl sites for hydroxylation is 1. The van der Waals surface area contributed by atoms with Crippen LogP contribution in [0.5, 0.6) is 0 Å². The average molecular weight is 274 g/mol. The minimum atomic E-state index is 0.374. The standard InChI is InChI=1S/C13H12ClN5/c1-2-19-10-7-8(14)3-4-9(10)18-13(19)11-12(15)17-6-5-16-11/h3-7H,2H2,1H3,(H2,15,17). The van der Waals surface area contributed by atoms with E-state index in [2.05, 4.69) is 15.0 Å². The maximum Gasteiger partial charge on any atom is 0.163 e. The van der Waals surface area contributed by atoms with Crippen molar-refractivity contribution in [2.45, 2.75) is 13.5 Å². The number of halogens is 1. The van der Waals surface area contributed by atoms with Gasteiger partial charge in [-0.2, -0.15) is 0 Å². The van der Waals surface area contributed by atoms with Gasteiger partial charge in [-0.05, 0) is 25.1 Å². The van der Waals surface area contributed by atoms with Gasteiger partial charge in [0, 0.05) is 24.0 Å². The van der Waals surface area contributed by atoms with Crippen molar-refractivity contribution in [1.29, 1.82) is 0 Å². The molecule has 0 atom stereocenters. The van der Waals surface area contributed by atoms with Crippen LogP contribution in [0.15, 0.2) is 30.6 Å². The Hall–Kier alpha value is -2.14. The zero-order chi connectivity index (χ0) is 13.4. The Balaban J connectivity index is 2.33. The number of aromatic nitrogens is 4. The molecule has 2 heterocycles. The van der Waals surface area contributed by atoms with Crippen molar-refractivity contribution in [2.24, 2.45) is 0 Å². The second kappa shape index (κ2) is 4.51. The number of nitrogen functional groups attached to an aromatic ring is 1. The number of benzene rings is 1. The maximum absolute atomic E-state index is 6.04. The highest BCUT2D eigenvalue weighted by molar-refractivity contribution is 6.31. The summed E-state index contributed by atoms with van der Waals surface area (Å²) >= 11 is 6.04. The Bertz CT molecular complexity index is 750. The Labute approximate surface area is 115 Å². The summed E-state index contributed by atoms with van der Waals surface area (Å²) in [5, 5.41) is 0.681. The fourth-order valence-corrected chi connectivity index (χ4v) is 2.28. The smallest absolute Gasteiger partial charge is 0.163 e. The van der Waals surface area contributed by atoms with Crippen LogP contribution in [0.2, 0.25) is 5.02 Å². The summed E-state index contributed by atoms with van der Waals surface area (Å²) in [6.07, 6.45) is 3.17. The van der Waals surface area contributed by atoms with Gasteiger partial charge in [-0.1, -0.05) is 11.6 Å². The van der Waals surface area contributed by atoms with Gasteiger partial charge in [0.15, 0.2) is 11.6 Å². The predicted molar refractivity (Wildman–Crippen MR) is 75.9 cm³/mol. The van der Waals surface area contributed by atoms with Crippen LogP contribution in [0.1, 0.15) is 6.92 Å². The van der Waals surface area contributed by atoms with E-state index < -0.39 is 0 Å². The highest BCUT2D eigenvalue weighted by Gasteiger charge is 2.15. The van der Waals surface area contributed by atoms with Crippen molar-refractivity contribution >= 4 is 28.5 Å². The molecule has 3 aromatic rings. The van der Waals surface area contributed by atoms with Crippen LogP contribution in [0.25, 0.3) is 22.6 Å². The lowest BCUT2D eigenvalue weighted by atomic mass is 10.3. The monoisotopic (exact) mass is 273 g/mol. The first-order chi connectivity index (χ1) is 9.20. The number of anilines is 1. The summed E-state index contributed by atoms with van der Waals surface area (Å²) in [4.78, 5) is 12.9. The van der Waals surface area contributed by atoms with Gasteiger partial charge in [-0.15, -0.1) is 0 Å². The highest BCUT2D eigenvalue weighted by atomic mass is 35.5. The van der Waals surface area contributed by atoms with E-state index in [0.717, 1.165) is 17.6 Å². The van der Waals surface area contributed by atoms with Gasteiger partial charge in [0.05, 0.1) is 11.0 Å². The molecule has 0 fully saturated rings. The van der Waals surface area contributed by atoms with Crippen molar-refractivity contribution in [3.8, 4) is 11.5 Å². The highest BCUT2D eigenvalue weighted by Crippen LogP contribution is 2.27. The maximum atomic E-state index is 6.04. The van der Waals surface area contributed by atoms with Gasteiger partial charge < -0.3 is 10.3 Å². The third-order valence-electron chi connectivity index (χ3n) is 2.96. The van der Waals surface area contributed by atoms with Gasteiger partial charge in [-0.3, -0.25) is 0 Å². The molecule has 0 aliphatic carbocycles. The van der Waals surface area contributed by atoms with Crippen molar-refractivity contribution in [1.82, 2.24) is 19.5 Å². The zero-order valence-electron chi connectivity index (χ0n) is 10.3. The average Bonchev–Trinajstić information content (AvgIpc) is 2.76. The summed E-state index contributed by atoms with van der Waals surface area (Å²) in [6, 6.07) is 5.60. The Kier molecular flexibility index (Phi) is 2.83. The molecule has 19 heavy (non-hydrogen) atoms. The predicted octanol–water partition coefficient (Wildman–Crippen LogP) is 2.75. The molecule has 2 N–H and O–H groups in total. The first-order valence-corrected chi connectivity index (χ1v) is 6.31. The van der Waals surface area contributed by atoms with E-state index in [1.54, 1.807) is 12.4 Å². The summed E-state index contributed by atoms with van der Waals surface area (Å²) < 4.78 is 2.03. The van der Waals surface area contributed by atoms with Gasteiger partial charge in [0.2, 0.25) is 0 Å². The lowest BCUT2D eigenvalue weighted by Crippen LogP contribution is -2.03. The second-order valence-electron chi connectivity index (χ2n) is 4.10. The summed E-state index contributed by atoms with van der Waals surface area (Å²) in [7, 11) is 0. The molecule has 0 amide bonds. The van der Waals surface area contributed by atoms with Crippen molar-refractivity contribution in [3.63, 3.8) is 0 Å². The van der Waals surface area contributed by atoms with Gasteiger partial charge in [-0.25, -0.2) is 15.0 Å². The number of hydrogen-bond acceptors (Lipinski definition) is 4. The lowest BCUT2D eigenvalue weighted by Gasteiger charge is -2.06. The summed E-state index contributed by atoms with van der Waals surface area (Å²) in [5.41, 5.74) is 8.30. The van der Waals surface area contributed by atoms with E-state index in [1.165, 1.54) is 0 Å². The van der Waals surface area contributed by atoms with Gasteiger partial charge >= 0.3 is 0 Å².